The van der Waals surface area contributed by atoms with Gasteiger partial charge in [0.2, 0.25) is 0 Å². The van der Waals surface area contributed by atoms with Gasteiger partial charge in [0.15, 0.2) is 0 Å². The van der Waals surface area contributed by atoms with Crippen LogP contribution in [0.3, 0.4) is 0 Å². The third-order valence-electron chi connectivity index (χ3n) is 6.85. The largest absolute Gasteiger partial charge is 0.478 e. The van der Waals surface area contributed by atoms with E-state index in [-0.39, 0.29) is 22.5 Å². The molecule has 0 heterocycles. The number of rotatable bonds is 5. The summed E-state index contributed by atoms with van der Waals surface area (Å²) < 4.78 is 0. The van der Waals surface area contributed by atoms with E-state index in [9.17, 15) is 14.7 Å². The van der Waals surface area contributed by atoms with Gasteiger partial charge < -0.3 is 15.3 Å². The first-order chi connectivity index (χ1) is 15.0. The Balaban J connectivity index is 1.99. The Hall–Kier alpha value is -2.82. The minimum absolute atomic E-state index is 0.103. The standard InChI is InChI=1S/C27H36N2O3/c1-19-15-20(2)17-23(16-19)28-25(32)29(18-21-9-11-22(12-10-21)24(30)31)27(26(3,4)5)13-7-6-8-14-27/h9-12,15-17H,6-8,13-14,18H2,1-5H3,(H,28,32)(H,30,31). The van der Waals surface area contributed by atoms with Crippen LogP contribution in [0, 0.1) is 19.3 Å². The lowest BCUT2D eigenvalue weighted by Crippen LogP contribution is -2.60. The summed E-state index contributed by atoms with van der Waals surface area (Å²) in [5.41, 5.74) is 3.83. The van der Waals surface area contributed by atoms with Crippen LogP contribution in [0.2, 0.25) is 0 Å². The first kappa shape index (κ1) is 23.8. The van der Waals surface area contributed by atoms with Crippen molar-refractivity contribution in [1.82, 2.24) is 4.90 Å². The van der Waals surface area contributed by atoms with Gasteiger partial charge in [-0.25, -0.2) is 9.59 Å². The minimum atomic E-state index is -0.945. The minimum Gasteiger partial charge on any atom is -0.478 e. The highest BCUT2D eigenvalue weighted by atomic mass is 16.4. The fourth-order valence-electron chi connectivity index (χ4n) is 5.15. The maximum atomic E-state index is 13.8. The average molecular weight is 437 g/mol. The Kier molecular flexibility index (Phi) is 6.97. The second-order valence-corrected chi connectivity index (χ2v) is 10.2. The van der Waals surface area contributed by atoms with E-state index in [1.54, 1.807) is 12.1 Å². The second-order valence-electron chi connectivity index (χ2n) is 10.2. The van der Waals surface area contributed by atoms with Crippen molar-refractivity contribution < 1.29 is 14.7 Å². The molecule has 0 radical (unpaired) electrons. The third-order valence-corrected chi connectivity index (χ3v) is 6.85. The molecule has 1 aliphatic rings. The lowest BCUT2D eigenvalue weighted by Gasteiger charge is -2.54. The zero-order chi connectivity index (χ0) is 23.5. The van der Waals surface area contributed by atoms with Crippen LogP contribution in [-0.2, 0) is 6.54 Å². The van der Waals surface area contributed by atoms with Crippen molar-refractivity contribution in [3.63, 3.8) is 0 Å². The molecule has 3 rings (SSSR count). The van der Waals surface area contributed by atoms with Crippen LogP contribution in [0.4, 0.5) is 10.5 Å². The number of hydrogen-bond acceptors (Lipinski definition) is 2. The summed E-state index contributed by atoms with van der Waals surface area (Å²) in [6.45, 7) is 11.2. The number of hydrogen-bond donors (Lipinski definition) is 2. The second kappa shape index (κ2) is 9.35. The lowest BCUT2D eigenvalue weighted by molar-refractivity contribution is -0.0108. The number of nitrogens with one attached hydrogen (secondary N) is 1. The number of carbonyl (C=O) groups is 2. The van der Waals surface area contributed by atoms with E-state index < -0.39 is 5.97 Å². The summed E-state index contributed by atoms with van der Waals surface area (Å²) in [4.78, 5) is 27.1. The zero-order valence-electron chi connectivity index (χ0n) is 20.0. The monoisotopic (exact) mass is 436 g/mol. The van der Waals surface area contributed by atoms with Gasteiger partial charge in [0, 0.05) is 17.8 Å². The zero-order valence-corrected chi connectivity index (χ0v) is 20.0. The molecule has 1 aliphatic carbocycles. The molecule has 5 heteroatoms. The molecule has 0 spiro atoms. The number of aryl methyl sites for hydroxylation is 2. The van der Waals surface area contributed by atoms with Gasteiger partial charge in [-0.05, 0) is 73.1 Å². The summed E-state index contributed by atoms with van der Waals surface area (Å²) in [6.07, 6.45) is 5.32. The van der Waals surface area contributed by atoms with E-state index in [4.69, 9.17) is 0 Å². The molecule has 2 amide bonds. The number of aromatic carboxylic acids is 1. The molecular weight excluding hydrogens is 400 g/mol. The van der Waals surface area contributed by atoms with Crippen molar-refractivity contribution in [2.24, 2.45) is 5.41 Å². The number of anilines is 1. The molecular formula is C27H36N2O3. The Labute approximate surface area is 191 Å². The summed E-state index contributed by atoms with van der Waals surface area (Å²) in [5, 5.41) is 12.4. The smallest absolute Gasteiger partial charge is 0.335 e. The van der Waals surface area contributed by atoms with Gasteiger partial charge in [0.05, 0.1) is 5.56 Å². The molecule has 0 aromatic heterocycles. The van der Waals surface area contributed by atoms with Gasteiger partial charge in [-0.3, -0.25) is 0 Å². The normalized spacial score (nSPS) is 15.8. The van der Waals surface area contributed by atoms with Crippen molar-refractivity contribution in [3.8, 4) is 0 Å². The van der Waals surface area contributed by atoms with E-state index in [0.29, 0.717) is 6.54 Å². The molecule has 1 fully saturated rings. The first-order valence-electron chi connectivity index (χ1n) is 11.5. The number of urea groups is 1. The maximum absolute atomic E-state index is 13.8. The molecule has 2 N–H and O–H groups in total. The van der Waals surface area contributed by atoms with Crippen molar-refractivity contribution in [2.75, 3.05) is 5.32 Å². The van der Waals surface area contributed by atoms with Gasteiger partial charge in [0.25, 0.3) is 0 Å². The number of carbonyl (C=O) groups excluding carboxylic acids is 1. The molecule has 32 heavy (non-hydrogen) atoms. The van der Waals surface area contributed by atoms with Gasteiger partial charge >= 0.3 is 12.0 Å². The van der Waals surface area contributed by atoms with Gasteiger partial charge in [-0.1, -0.05) is 58.2 Å². The van der Waals surface area contributed by atoms with Crippen LogP contribution >= 0.6 is 0 Å². The van der Waals surface area contributed by atoms with E-state index >= 15 is 0 Å². The Morgan fingerprint density at radius 2 is 1.53 bits per heavy atom. The van der Waals surface area contributed by atoms with Crippen LogP contribution in [0.1, 0.15) is 79.9 Å². The molecule has 0 saturated heterocycles. The van der Waals surface area contributed by atoms with E-state index in [1.165, 1.54) is 6.42 Å². The Bertz CT molecular complexity index is 947. The Morgan fingerprint density at radius 3 is 2.03 bits per heavy atom. The number of amides is 2. The van der Waals surface area contributed by atoms with Crippen molar-refractivity contribution in [3.05, 3.63) is 64.7 Å². The summed E-state index contributed by atoms with van der Waals surface area (Å²) in [7, 11) is 0. The number of benzene rings is 2. The molecule has 172 valence electrons. The molecule has 0 bridgehead atoms. The van der Waals surface area contributed by atoms with Crippen LogP contribution < -0.4 is 5.32 Å². The molecule has 5 nitrogen and oxygen atoms in total. The summed E-state index contributed by atoms with van der Waals surface area (Å²) in [5.74, 6) is -0.945. The topological polar surface area (TPSA) is 69.6 Å². The summed E-state index contributed by atoms with van der Waals surface area (Å²) >= 11 is 0. The predicted octanol–water partition coefficient (Wildman–Crippen LogP) is 6.78. The van der Waals surface area contributed by atoms with Crippen molar-refractivity contribution in [1.29, 1.82) is 0 Å². The highest BCUT2D eigenvalue weighted by Gasteiger charge is 2.49. The number of carboxylic acid groups (broad SMARTS) is 1. The van der Waals surface area contributed by atoms with Crippen molar-refractivity contribution in [2.45, 2.75) is 78.8 Å². The molecule has 0 unspecified atom stereocenters. The lowest BCUT2D eigenvalue weighted by atomic mass is 9.64. The van der Waals surface area contributed by atoms with Crippen LogP contribution in [0.15, 0.2) is 42.5 Å². The highest BCUT2D eigenvalue weighted by Crippen LogP contribution is 2.47. The highest BCUT2D eigenvalue weighted by molar-refractivity contribution is 5.90. The number of nitrogens with zero attached hydrogens (tertiary/aromatic N) is 1. The van der Waals surface area contributed by atoms with Crippen LogP contribution in [0.25, 0.3) is 0 Å². The van der Waals surface area contributed by atoms with Gasteiger partial charge in [-0.15, -0.1) is 0 Å². The average Bonchev–Trinajstić information content (AvgIpc) is 2.71. The fraction of sp³-hybridized carbons (Fsp3) is 0.481. The first-order valence-corrected chi connectivity index (χ1v) is 11.5. The maximum Gasteiger partial charge on any atom is 0.335 e. The molecule has 0 aliphatic heterocycles. The summed E-state index contributed by atoms with van der Waals surface area (Å²) in [6, 6.07) is 12.8. The quantitative estimate of drug-likeness (QED) is 0.542. The molecule has 0 atom stereocenters. The molecule has 2 aromatic carbocycles. The molecule has 1 saturated carbocycles. The van der Waals surface area contributed by atoms with Crippen LogP contribution in [0.5, 0.6) is 0 Å². The fourth-order valence-corrected chi connectivity index (χ4v) is 5.15. The van der Waals surface area contributed by atoms with Crippen LogP contribution in [-0.4, -0.2) is 27.5 Å². The number of carboxylic acids is 1. The third kappa shape index (κ3) is 5.14. The van der Waals surface area contributed by atoms with E-state index in [1.807, 2.05) is 43.0 Å². The SMILES string of the molecule is Cc1cc(C)cc(NC(=O)N(Cc2ccc(C(=O)O)cc2)C2(C(C)(C)C)CCCCC2)c1. The molecule has 2 aromatic rings. The van der Waals surface area contributed by atoms with E-state index in [0.717, 1.165) is 48.1 Å². The van der Waals surface area contributed by atoms with Gasteiger partial charge in [-0.2, -0.15) is 0 Å². The van der Waals surface area contributed by atoms with Crippen molar-refractivity contribution >= 4 is 17.7 Å². The van der Waals surface area contributed by atoms with E-state index in [2.05, 4.69) is 32.2 Å². The Morgan fingerprint density at radius 1 is 0.969 bits per heavy atom. The predicted molar refractivity (Wildman–Crippen MR) is 129 cm³/mol. The van der Waals surface area contributed by atoms with Gasteiger partial charge in [0.1, 0.15) is 0 Å².